The van der Waals surface area contributed by atoms with E-state index in [1.807, 2.05) is 24.0 Å². The van der Waals surface area contributed by atoms with E-state index in [1.165, 1.54) is 5.56 Å². The molecule has 3 heteroatoms. The van der Waals surface area contributed by atoms with Crippen molar-refractivity contribution in [1.29, 1.82) is 0 Å². The Morgan fingerprint density at radius 3 is 2.80 bits per heavy atom. The number of rotatable bonds is 2. The monoisotopic (exact) mass is 201 g/mol. The summed E-state index contributed by atoms with van der Waals surface area (Å²) < 4.78 is 2.02. The highest BCUT2D eigenvalue weighted by Crippen LogP contribution is 2.22. The SMILES string of the molecule is Cc1ccc(CN)cc1-c1nccn1C. The third-order valence-electron chi connectivity index (χ3n) is 2.60. The molecule has 0 unspecified atom stereocenters. The van der Waals surface area contributed by atoms with Gasteiger partial charge in [-0.3, -0.25) is 0 Å². The summed E-state index contributed by atoms with van der Waals surface area (Å²) in [4.78, 5) is 4.34. The summed E-state index contributed by atoms with van der Waals surface area (Å²) in [6.07, 6.45) is 3.76. The smallest absolute Gasteiger partial charge is 0.139 e. The van der Waals surface area contributed by atoms with Crippen LogP contribution < -0.4 is 5.73 Å². The molecule has 0 fully saturated rings. The van der Waals surface area contributed by atoms with Crippen LogP contribution in [0.2, 0.25) is 0 Å². The van der Waals surface area contributed by atoms with Gasteiger partial charge in [0.25, 0.3) is 0 Å². The minimum atomic E-state index is 0.567. The topological polar surface area (TPSA) is 43.8 Å². The molecule has 2 aromatic rings. The number of aromatic nitrogens is 2. The van der Waals surface area contributed by atoms with Crippen LogP contribution in [0.5, 0.6) is 0 Å². The molecule has 0 atom stereocenters. The molecular formula is C12H15N3. The first kappa shape index (κ1) is 9.93. The normalized spacial score (nSPS) is 10.6. The van der Waals surface area contributed by atoms with E-state index in [9.17, 15) is 0 Å². The van der Waals surface area contributed by atoms with Crippen molar-refractivity contribution in [2.75, 3.05) is 0 Å². The van der Waals surface area contributed by atoms with E-state index >= 15 is 0 Å². The molecule has 0 saturated heterocycles. The van der Waals surface area contributed by atoms with E-state index in [-0.39, 0.29) is 0 Å². The second-order valence-electron chi connectivity index (χ2n) is 3.72. The molecule has 1 heterocycles. The Kier molecular flexibility index (Phi) is 2.56. The molecule has 0 amide bonds. The summed E-state index contributed by atoms with van der Waals surface area (Å²) in [6.45, 7) is 2.65. The Morgan fingerprint density at radius 1 is 1.40 bits per heavy atom. The van der Waals surface area contributed by atoms with Crippen LogP contribution in [0.15, 0.2) is 30.6 Å². The van der Waals surface area contributed by atoms with Crippen LogP contribution in [0.1, 0.15) is 11.1 Å². The van der Waals surface area contributed by atoms with Gasteiger partial charge in [0.05, 0.1) is 0 Å². The molecule has 0 radical (unpaired) electrons. The Balaban J connectivity index is 2.56. The first-order valence-corrected chi connectivity index (χ1v) is 4.99. The summed E-state index contributed by atoms with van der Waals surface area (Å²) in [5.74, 6) is 0.989. The Bertz CT molecular complexity index is 471. The average molecular weight is 201 g/mol. The Labute approximate surface area is 89.6 Å². The molecule has 0 saturated carbocycles. The molecule has 0 spiro atoms. The van der Waals surface area contributed by atoms with E-state index in [0.717, 1.165) is 17.0 Å². The Hall–Kier alpha value is -1.61. The minimum Gasteiger partial charge on any atom is -0.334 e. The van der Waals surface area contributed by atoms with Gasteiger partial charge < -0.3 is 10.3 Å². The van der Waals surface area contributed by atoms with Crippen molar-refractivity contribution >= 4 is 0 Å². The van der Waals surface area contributed by atoms with Crippen molar-refractivity contribution in [3.63, 3.8) is 0 Å². The summed E-state index contributed by atoms with van der Waals surface area (Å²) in [6, 6.07) is 6.26. The van der Waals surface area contributed by atoms with E-state index in [4.69, 9.17) is 5.73 Å². The molecule has 1 aromatic heterocycles. The number of nitrogens with two attached hydrogens (primary N) is 1. The molecule has 15 heavy (non-hydrogen) atoms. The van der Waals surface area contributed by atoms with Gasteiger partial charge in [0.2, 0.25) is 0 Å². The first-order chi connectivity index (χ1) is 7.22. The number of hydrogen-bond acceptors (Lipinski definition) is 2. The van der Waals surface area contributed by atoms with E-state index in [2.05, 4.69) is 30.1 Å². The van der Waals surface area contributed by atoms with Crippen molar-refractivity contribution in [2.45, 2.75) is 13.5 Å². The fourth-order valence-electron chi connectivity index (χ4n) is 1.66. The zero-order chi connectivity index (χ0) is 10.8. The quantitative estimate of drug-likeness (QED) is 0.806. The molecule has 2 rings (SSSR count). The fourth-order valence-corrected chi connectivity index (χ4v) is 1.66. The zero-order valence-corrected chi connectivity index (χ0v) is 9.07. The number of benzene rings is 1. The van der Waals surface area contributed by atoms with Gasteiger partial charge in [0, 0.05) is 31.5 Å². The van der Waals surface area contributed by atoms with Gasteiger partial charge in [-0.05, 0) is 24.1 Å². The van der Waals surface area contributed by atoms with Gasteiger partial charge in [-0.25, -0.2) is 4.98 Å². The maximum absolute atomic E-state index is 5.63. The van der Waals surface area contributed by atoms with Crippen molar-refractivity contribution < 1.29 is 0 Å². The molecule has 3 nitrogen and oxygen atoms in total. The molecule has 0 aliphatic heterocycles. The van der Waals surface area contributed by atoms with Crippen LogP contribution in [0.3, 0.4) is 0 Å². The molecule has 78 valence electrons. The van der Waals surface area contributed by atoms with Crippen LogP contribution in [-0.4, -0.2) is 9.55 Å². The second kappa shape index (κ2) is 3.87. The van der Waals surface area contributed by atoms with Crippen LogP contribution in [0.25, 0.3) is 11.4 Å². The number of hydrogen-bond donors (Lipinski definition) is 1. The van der Waals surface area contributed by atoms with E-state index < -0.39 is 0 Å². The summed E-state index contributed by atoms with van der Waals surface area (Å²) >= 11 is 0. The molecule has 0 bridgehead atoms. The summed E-state index contributed by atoms with van der Waals surface area (Å²) in [5.41, 5.74) is 9.15. The maximum Gasteiger partial charge on any atom is 0.139 e. The lowest BCUT2D eigenvalue weighted by molar-refractivity contribution is 0.922. The van der Waals surface area contributed by atoms with Gasteiger partial charge in [0.1, 0.15) is 5.82 Å². The maximum atomic E-state index is 5.63. The highest BCUT2D eigenvalue weighted by molar-refractivity contribution is 5.61. The predicted molar refractivity (Wildman–Crippen MR) is 61.3 cm³/mol. The highest BCUT2D eigenvalue weighted by atomic mass is 15.0. The lowest BCUT2D eigenvalue weighted by Gasteiger charge is -2.07. The third-order valence-corrected chi connectivity index (χ3v) is 2.60. The van der Waals surface area contributed by atoms with Crippen LogP contribution in [-0.2, 0) is 13.6 Å². The summed E-state index contributed by atoms with van der Waals surface area (Å²) in [7, 11) is 2.00. The van der Waals surface area contributed by atoms with Gasteiger partial charge in [0.15, 0.2) is 0 Å². The molecule has 0 aliphatic carbocycles. The highest BCUT2D eigenvalue weighted by Gasteiger charge is 2.06. The molecule has 1 aromatic carbocycles. The molecule has 2 N–H and O–H groups in total. The second-order valence-corrected chi connectivity index (χ2v) is 3.72. The van der Waals surface area contributed by atoms with Gasteiger partial charge >= 0.3 is 0 Å². The number of nitrogens with zero attached hydrogens (tertiary/aromatic N) is 2. The van der Waals surface area contributed by atoms with E-state index in [1.54, 1.807) is 0 Å². The van der Waals surface area contributed by atoms with Gasteiger partial charge in [-0.2, -0.15) is 0 Å². The van der Waals surface area contributed by atoms with E-state index in [0.29, 0.717) is 6.54 Å². The van der Waals surface area contributed by atoms with Gasteiger partial charge in [-0.15, -0.1) is 0 Å². The standard InChI is InChI=1S/C12H15N3/c1-9-3-4-10(8-13)7-11(9)12-14-5-6-15(12)2/h3-7H,8,13H2,1-2H3. The lowest BCUT2D eigenvalue weighted by Crippen LogP contribution is -1.99. The Morgan fingerprint density at radius 2 is 2.20 bits per heavy atom. The van der Waals surface area contributed by atoms with Gasteiger partial charge in [-0.1, -0.05) is 12.1 Å². The molecule has 0 aliphatic rings. The third kappa shape index (κ3) is 1.78. The largest absolute Gasteiger partial charge is 0.334 e. The predicted octanol–water partition coefficient (Wildman–Crippen LogP) is 1.85. The van der Waals surface area contributed by atoms with Crippen LogP contribution >= 0.6 is 0 Å². The number of imidazole rings is 1. The van der Waals surface area contributed by atoms with Crippen LogP contribution in [0, 0.1) is 6.92 Å². The minimum absolute atomic E-state index is 0.567. The lowest BCUT2D eigenvalue weighted by atomic mass is 10.0. The van der Waals surface area contributed by atoms with Crippen molar-refractivity contribution in [2.24, 2.45) is 12.8 Å². The first-order valence-electron chi connectivity index (χ1n) is 4.99. The van der Waals surface area contributed by atoms with Crippen molar-refractivity contribution in [1.82, 2.24) is 9.55 Å². The van der Waals surface area contributed by atoms with Crippen LogP contribution in [0.4, 0.5) is 0 Å². The molecular weight excluding hydrogens is 186 g/mol. The number of aryl methyl sites for hydroxylation is 2. The van der Waals surface area contributed by atoms with Crippen molar-refractivity contribution in [3.05, 3.63) is 41.7 Å². The summed E-state index contributed by atoms with van der Waals surface area (Å²) in [5, 5.41) is 0. The zero-order valence-electron chi connectivity index (χ0n) is 9.07. The fraction of sp³-hybridized carbons (Fsp3) is 0.250. The average Bonchev–Trinajstić information content (AvgIpc) is 2.65. The van der Waals surface area contributed by atoms with Crippen molar-refractivity contribution in [3.8, 4) is 11.4 Å².